The second kappa shape index (κ2) is 6.89. The van der Waals surface area contributed by atoms with Crippen molar-refractivity contribution in [1.29, 1.82) is 0 Å². The van der Waals surface area contributed by atoms with Gasteiger partial charge in [0.05, 0.1) is 4.90 Å². The average molecular weight is 391 g/mol. The molecule has 4 rings (SSSR count). The molecule has 0 aromatic heterocycles. The van der Waals surface area contributed by atoms with E-state index in [9.17, 15) is 13.2 Å². The molecule has 0 radical (unpaired) electrons. The molecule has 1 aliphatic carbocycles. The van der Waals surface area contributed by atoms with Crippen LogP contribution in [0.2, 0.25) is 0 Å². The number of nitrogens with zero attached hydrogens (tertiary/aromatic N) is 1. The minimum Gasteiger partial charge on any atom is -0.337 e. The van der Waals surface area contributed by atoms with Crippen molar-refractivity contribution >= 4 is 15.9 Å². The number of amides is 1. The number of sulfonamides is 1. The largest absolute Gasteiger partial charge is 0.337 e. The van der Waals surface area contributed by atoms with Crippen molar-refractivity contribution in [3.63, 3.8) is 0 Å². The molecule has 1 aromatic rings. The summed E-state index contributed by atoms with van der Waals surface area (Å²) in [6.45, 7) is 4.89. The third-order valence-electron chi connectivity index (χ3n) is 7.27. The number of carbonyl (C=O) groups excluding carboxylic acids is 1. The van der Waals surface area contributed by atoms with Crippen molar-refractivity contribution < 1.29 is 13.2 Å². The highest BCUT2D eigenvalue weighted by molar-refractivity contribution is 7.89. The third-order valence-corrected chi connectivity index (χ3v) is 8.92. The molecule has 0 bridgehead atoms. The van der Waals surface area contributed by atoms with E-state index in [0.717, 1.165) is 50.6 Å². The number of hydrogen-bond acceptors (Lipinski definition) is 3. The lowest BCUT2D eigenvalue weighted by Crippen LogP contribution is -2.59. The molecule has 0 unspecified atom stereocenters. The van der Waals surface area contributed by atoms with Gasteiger partial charge < -0.3 is 4.90 Å². The van der Waals surface area contributed by atoms with Gasteiger partial charge in [0.15, 0.2) is 0 Å². The molecule has 1 aromatic carbocycles. The quantitative estimate of drug-likeness (QED) is 0.862. The first-order valence-corrected chi connectivity index (χ1v) is 11.7. The first kappa shape index (κ1) is 18.9. The number of aryl methyl sites for hydroxylation is 1. The maximum Gasteiger partial charge on any atom is 0.241 e. The van der Waals surface area contributed by atoms with Crippen LogP contribution in [0.4, 0.5) is 0 Å². The summed E-state index contributed by atoms with van der Waals surface area (Å²) in [5.74, 6) is 0.912. The summed E-state index contributed by atoms with van der Waals surface area (Å²) in [6, 6.07) is 7.07. The summed E-state index contributed by atoms with van der Waals surface area (Å²) in [5, 5.41) is 0. The van der Waals surface area contributed by atoms with Crippen molar-refractivity contribution in [3.8, 4) is 0 Å². The van der Waals surface area contributed by atoms with Gasteiger partial charge in [-0.2, -0.15) is 0 Å². The molecule has 2 saturated heterocycles. The molecule has 1 spiro atoms. The highest BCUT2D eigenvalue weighted by atomic mass is 32.2. The zero-order chi connectivity index (χ0) is 19.2. The van der Waals surface area contributed by atoms with Crippen molar-refractivity contribution in [3.05, 3.63) is 29.8 Å². The van der Waals surface area contributed by atoms with Gasteiger partial charge in [0.25, 0.3) is 0 Å². The molecular weight excluding hydrogens is 360 g/mol. The Morgan fingerprint density at radius 1 is 1.15 bits per heavy atom. The summed E-state index contributed by atoms with van der Waals surface area (Å²) in [6.07, 6.45) is 6.45. The standard InChI is InChI=1S/C21H30N2O3S/c1-15-7-3-4-9-19(15)27(25,26)22-18-11-13-21-12-6-14-23(21)20(24)10-5-8-17(21)16(18)2/h3-4,7,9,16-18,22H,5-6,8,10-14H2,1-2H3/t16-,17+,18+,21-/m1/s1. The highest BCUT2D eigenvalue weighted by Crippen LogP contribution is 2.51. The molecule has 3 aliphatic rings. The molecule has 1 amide bonds. The summed E-state index contributed by atoms with van der Waals surface area (Å²) in [7, 11) is -3.54. The Balaban J connectivity index is 1.59. The van der Waals surface area contributed by atoms with Gasteiger partial charge in [-0.3, -0.25) is 4.79 Å². The molecule has 1 saturated carbocycles. The van der Waals surface area contributed by atoms with E-state index in [4.69, 9.17) is 0 Å². The van der Waals surface area contributed by atoms with Crippen LogP contribution in [0.1, 0.15) is 57.4 Å². The van der Waals surface area contributed by atoms with Gasteiger partial charge in [-0.25, -0.2) is 13.1 Å². The number of nitrogens with one attached hydrogen (secondary N) is 1. The molecule has 4 atom stereocenters. The number of carbonyl (C=O) groups is 1. The second-order valence-corrected chi connectivity index (χ2v) is 10.3. The van der Waals surface area contributed by atoms with Crippen molar-refractivity contribution in [2.75, 3.05) is 6.54 Å². The van der Waals surface area contributed by atoms with Crippen LogP contribution in [0.3, 0.4) is 0 Å². The van der Waals surface area contributed by atoms with Crippen molar-refractivity contribution in [1.82, 2.24) is 9.62 Å². The molecule has 148 valence electrons. The van der Waals surface area contributed by atoms with Gasteiger partial charge in [-0.15, -0.1) is 0 Å². The van der Waals surface area contributed by atoms with E-state index in [1.54, 1.807) is 12.1 Å². The van der Waals surface area contributed by atoms with Crippen molar-refractivity contribution in [2.45, 2.75) is 75.3 Å². The van der Waals surface area contributed by atoms with Crippen LogP contribution in [0, 0.1) is 18.8 Å². The fraction of sp³-hybridized carbons (Fsp3) is 0.667. The summed E-state index contributed by atoms with van der Waals surface area (Å²) in [5.41, 5.74) is 0.740. The normalized spacial score (nSPS) is 34.1. The SMILES string of the molecule is Cc1ccccc1S(=O)(=O)N[C@H]1CC[C@@]23CCCN2C(=O)CCC[C@H]3[C@H]1C. The highest BCUT2D eigenvalue weighted by Gasteiger charge is 2.55. The Labute approximate surface area is 162 Å². The molecule has 5 nitrogen and oxygen atoms in total. The van der Waals surface area contributed by atoms with Gasteiger partial charge >= 0.3 is 0 Å². The minimum absolute atomic E-state index is 0.0302. The lowest BCUT2D eigenvalue weighted by molar-refractivity contribution is -0.138. The van der Waals surface area contributed by atoms with Gasteiger partial charge in [-0.05, 0) is 68.9 Å². The van der Waals surface area contributed by atoms with Crippen LogP contribution in [-0.2, 0) is 14.8 Å². The predicted octanol–water partition coefficient (Wildman–Crippen LogP) is 3.23. The predicted molar refractivity (Wildman–Crippen MR) is 105 cm³/mol. The van der Waals surface area contributed by atoms with Gasteiger partial charge in [0.2, 0.25) is 15.9 Å². The molecule has 3 fully saturated rings. The molecule has 1 N–H and O–H groups in total. The Hall–Kier alpha value is -1.40. The number of hydrogen-bond donors (Lipinski definition) is 1. The van der Waals surface area contributed by atoms with E-state index in [0.29, 0.717) is 23.1 Å². The number of rotatable bonds is 3. The van der Waals surface area contributed by atoms with Crippen molar-refractivity contribution in [2.24, 2.45) is 11.8 Å². The smallest absolute Gasteiger partial charge is 0.241 e. The number of benzene rings is 1. The van der Waals surface area contributed by atoms with Crippen LogP contribution in [-0.4, -0.2) is 37.4 Å². The molecule has 6 heteroatoms. The summed E-state index contributed by atoms with van der Waals surface area (Å²) < 4.78 is 29.0. The molecule has 2 aliphatic heterocycles. The lowest BCUT2D eigenvalue weighted by Gasteiger charge is -2.52. The van der Waals surface area contributed by atoms with E-state index >= 15 is 0 Å². The van der Waals surface area contributed by atoms with E-state index in [1.807, 2.05) is 19.1 Å². The molecule has 2 heterocycles. The van der Waals surface area contributed by atoms with E-state index in [-0.39, 0.29) is 17.5 Å². The van der Waals surface area contributed by atoms with Crippen LogP contribution in [0.5, 0.6) is 0 Å². The van der Waals surface area contributed by atoms with Crippen LogP contribution in [0.25, 0.3) is 0 Å². The Kier molecular flexibility index (Phi) is 4.83. The zero-order valence-electron chi connectivity index (χ0n) is 16.3. The van der Waals surface area contributed by atoms with Crippen LogP contribution in [0.15, 0.2) is 29.2 Å². The second-order valence-electron chi connectivity index (χ2n) is 8.64. The summed E-state index contributed by atoms with van der Waals surface area (Å²) in [4.78, 5) is 15.1. The van der Waals surface area contributed by atoms with Gasteiger partial charge in [-0.1, -0.05) is 25.1 Å². The van der Waals surface area contributed by atoms with E-state index in [1.165, 1.54) is 0 Å². The van der Waals surface area contributed by atoms with Crippen LogP contribution >= 0.6 is 0 Å². The first-order valence-electron chi connectivity index (χ1n) is 10.2. The fourth-order valence-corrected chi connectivity index (χ4v) is 7.58. The zero-order valence-corrected chi connectivity index (χ0v) is 17.1. The van der Waals surface area contributed by atoms with Gasteiger partial charge in [0, 0.05) is 24.5 Å². The summed E-state index contributed by atoms with van der Waals surface area (Å²) >= 11 is 0. The van der Waals surface area contributed by atoms with Gasteiger partial charge in [0.1, 0.15) is 0 Å². The fourth-order valence-electron chi connectivity index (χ4n) is 5.97. The maximum absolute atomic E-state index is 13.0. The van der Waals surface area contributed by atoms with E-state index < -0.39 is 10.0 Å². The average Bonchev–Trinajstić information content (AvgIpc) is 2.99. The Morgan fingerprint density at radius 2 is 1.93 bits per heavy atom. The Bertz CT molecular complexity index is 838. The van der Waals surface area contributed by atoms with Crippen LogP contribution < -0.4 is 4.72 Å². The topological polar surface area (TPSA) is 66.5 Å². The molecular formula is C21H30N2O3S. The third kappa shape index (κ3) is 3.11. The first-order chi connectivity index (χ1) is 12.8. The lowest BCUT2D eigenvalue weighted by atomic mass is 9.63. The molecule has 27 heavy (non-hydrogen) atoms. The monoisotopic (exact) mass is 390 g/mol. The Morgan fingerprint density at radius 3 is 2.70 bits per heavy atom. The maximum atomic E-state index is 13.0. The van der Waals surface area contributed by atoms with E-state index in [2.05, 4.69) is 16.5 Å². The minimum atomic E-state index is -3.54.